The van der Waals surface area contributed by atoms with Gasteiger partial charge in [0.2, 0.25) is 0 Å². The number of carboxylic acids is 1. The third-order valence-electron chi connectivity index (χ3n) is 6.32. The lowest BCUT2D eigenvalue weighted by Crippen LogP contribution is -2.53. The number of benzene rings is 2. The lowest BCUT2D eigenvalue weighted by atomic mass is 9.87. The third kappa shape index (κ3) is 4.99. The summed E-state index contributed by atoms with van der Waals surface area (Å²) in [6, 6.07) is 9.56. The number of carbonyl (C=O) groups excluding carboxylic acids is 1. The molecule has 2 amide bonds. The number of urea groups is 1. The fourth-order valence-electron chi connectivity index (χ4n) is 4.21. The summed E-state index contributed by atoms with van der Waals surface area (Å²) in [5.41, 5.74) is 2.85. The van der Waals surface area contributed by atoms with E-state index in [1.54, 1.807) is 26.2 Å². The molecule has 0 unspecified atom stereocenters. The van der Waals surface area contributed by atoms with Gasteiger partial charge in [-0.15, -0.1) is 0 Å². The maximum atomic E-state index is 13.4. The van der Waals surface area contributed by atoms with E-state index in [1.807, 2.05) is 50.2 Å². The van der Waals surface area contributed by atoms with Crippen molar-refractivity contribution in [3.8, 4) is 17.2 Å². The molecule has 0 saturated carbocycles. The molecule has 1 heterocycles. The van der Waals surface area contributed by atoms with E-state index in [-0.39, 0.29) is 5.92 Å². The number of methoxy groups -OCH3 is 3. The molecule has 8 nitrogen and oxygen atoms in total. The Bertz CT molecular complexity index is 991. The lowest BCUT2D eigenvalue weighted by Gasteiger charge is -2.39. The van der Waals surface area contributed by atoms with E-state index in [0.717, 1.165) is 16.7 Å². The van der Waals surface area contributed by atoms with Crippen molar-refractivity contribution in [3.63, 3.8) is 0 Å². The average Bonchev–Trinajstić information content (AvgIpc) is 2.84. The molecule has 1 aliphatic rings. The monoisotopic (exact) mass is 456 g/mol. The predicted molar refractivity (Wildman–Crippen MR) is 124 cm³/mol. The number of fused-ring (bicyclic) bond motifs is 1. The minimum atomic E-state index is -1.04. The van der Waals surface area contributed by atoms with Gasteiger partial charge >= 0.3 is 12.0 Å². The van der Waals surface area contributed by atoms with Crippen LogP contribution < -0.4 is 19.5 Å². The van der Waals surface area contributed by atoms with E-state index in [1.165, 1.54) is 0 Å². The van der Waals surface area contributed by atoms with Gasteiger partial charge in [-0.3, -0.25) is 0 Å². The number of hydrogen-bond donors (Lipinski definition) is 2. The summed E-state index contributed by atoms with van der Waals surface area (Å²) in [6.45, 7) is 4.16. The van der Waals surface area contributed by atoms with Crippen molar-refractivity contribution in [1.82, 2.24) is 10.2 Å². The third-order valence-corrected chi connectivity index (χ3v) is 6.32. The molecule has 2 aromatic carbocycles. The molecule has 0 aromatic heterocycles. The van der Waals surface area contributed by atoms with Gasteiger partial charge in [-0.25, -0.2) is 9.59 Å². The van der Waals surface area contributed by atoms with Crippen LogP contribution in [-0.4, -0.2) is 55.9 Å². The number of nitrogens with one attached hydrogen (secondary N) is 1. The summed E-state index contributed by atoms with van der Waals surface area (Å²) in [4.78, 5) is 26.9. The number of rotatable bonds is 8. The topological polar surface area (TPSA) is 97.3 Å². The summed E-state index contributed by atoms with van der Waals surface area (Å²) < 4.78 is 16.3. The van der Waals surface area contributed by atoms with Crippen LogP contribution in [0.1, 0.15) is 43.0 Å². The fraction of sp³-hybridized carbons (Fsp3) is 0.440. The second-order valence-corrected chi connectivity index (χ2v) is 8.18. The molecule has 0 saturated heterocycles. The minimum absolute atomic E-state index is 0.202. The normalized spacial score (nSPS) is 16.9. The van der Waals surface area contributed by atoms with Gasteiger partial charge in [0.15, 0.2) is 11.5 Å². The largest absolute Gasteiger partial charge is 0.497 e. The minimum Gasteiger partial charge on any atom is -0.497 e. The second kappa shape index (κ2) is 10.5. The van der Waals surface area contributed by atoms with Gasteiger partial charge in [-0.1, -0.05) is 32.4 Å². The van der Waals surface area contributed by atoms with Gasteiger partial charge in [-0.05, 0) is 53.3 Å². The zero-order valence-corrected chi connectivity index (χ0v) is 19.8. The van der Waals surface area contributed by atoms with E-state index >= 15 is 0 Å². The lowest BCUT2D eigenvalue weighted by molar-refractivity contribution is -0.140. The van der Waals surface area contributed by atoms with Crippen molar-refractivity contribution in [2.24, 2.45) is 5.92 Å². The molecule has 1 aliphatic heterocycles. The quantitative estimate of drug-likeness (QED) is 0.626. The highest BCUT2D eigenvalue weighted by atomic mass is 16.5. The summed E-state index contributed by atoms with van der Waals surface area (Å²) >= 11 is 0. The first-order valence-electron chi connectivity index (χ1n) is 11.0. The Morgan fingerprint density at radius 3 is 2.27 bits per heavy atom. The highest BCUT2D eigenvalue weighted by Gasteiger charge is 2.36. The van der Waals surface area contributed by atoms with Gasteiger partial charge in [0.1, 0.15) is 11.8 Å². The van der Waals surface area contributed by atoms with E-state index in [2.05, 4.69) is 5.32 Å². The Morgan fingerprint density at radius 2 is 1.73 bits per heavy atom. The predicted octanol–water partition coefficient (Wildman–Crippen LogP) is 3.87. The van der Waals surface area contributed by atoms with Crippen LogP contribution in [0.3, 0.4) is 0 Å². The molecule has 0 fully saturated rings. The summed E-state index contributed by atoms with van der Waals surface area (Å²) in [6.07, 6.45) is 1.25. The number of hydrogen-bond acceptors (Lipinski definition) is 5. The standard InChI is InChI=1S/C25H32N2O6/c1-6-15(2)22(24(28)29)26-25(30)27-12-11-17-13-20(32-4)21(33-5)14-19(17)23(27)16-7-9-18(31-3)10-8-16/h7-10,13-15,22-23H,6,11-12H2,1-5H3,(H,26,30)(H,28,29)/t15-,22+,23+/m1/s1. The fourth-order valence-corrected chi connectivity index (χ4v) is 4.21. The van der Waals surface area contributed by atoms with Crippen molar-refractivity contribution >= 4 is 12.0 Å². The summed E-state index contributed by atoms with van der Waals surface area (Å²) in [7, 11) is 4.76. The summed E-state index contributed by atoms with van der Waals surface area (Å²) in [5, 5.41) is 12.4. The molecular formula is C25H32N2O6. The molecule has 3 atom stereocenters. The van der Waals surface area contributed by atoms with Gasteiger partial charge in [0, 0.05) is 6.54 Å². The van der Waals surface area contributed by atoms with Gasteiger partial charge in [-0.2, -0.15) is 0 Å². The van der Waals surface area contributed by atoms with Crippen molar-refractivity contribution in [2.45, 2.75) is 38.8 Å². The maximum absolute atomic E-state index is 13.4. The average molecular weight is 457 g/mol. The van der Waals surface area contributed by atoms with Crippen LogP contribution in [0.2, 0.25) is 0 Å². The Hall–Kier alpha value is -3.42. The highest BCUT2D eigenvalue weighted by Crippen LogP contribution is 2.41. The number of nitrogens with zero attached hydrogens (tertiary/aromatic N) is 1. The zero-order chi connectivity index (χ0) is 24.1. The number of aliphatic carboxylic acids is 1. The molecular weight excluding hydrogens is 424 g/mol. The molecule has 178 valence electrons. The van der Waals surface area contributed by atoms with Gasteiger partial charge < -0.3 is 29.5 Å². The molecule has 3 rings (SSSR count). The molecule has 0 aliphatic carbocycles. The van der Waals surface area contributed by atoms with Crippen LogP contribution in [0.4, 0.5) is 4.79 Å². The van der Waals surface area contributed by atoms with Crippen molar-refractivity contribution in [2.75, 3.05) is 27.9 Å². The van der Waals surface area contributed by atoms with E-state index < -0.39 is 24.1 Å². The van der Waals surface area contributed by atoms with Crippen molar-refractivity contribution in [3.05, 3.63) is 53.1 Å². The van der Waals surface area contributed by atoms with Crippen LogP contribution in [-0.2, 0) is 11.2 Å². The SMILES string of the molecule is CC[C@@H](C)[C@H](NC(=O)N1CCc2cc(OC)c(OC)cc2[C@@H]1c1ccc(OC)cc1)C(=O)O. The van der Waals surface area contributed by atoms with E-state index in [4.69, 9.17) is 14.2 Å². The Morgan fingerprint density at radius 1 is 1.09 bits per heavy atom. The van der Waals surface area contributed by atoms with Crippen molar-refractivity contribution in [1.29, 1.82) is 0 Å². The molecule has 8 heteroatoms. The van der Waals surface area contributed by atoms with Gasteiger partial charge in [0.25, 0.3) is 0 Å². The number of ether oxygens (including phenoxy) is 3. The number of carboxylic acid groups (broad SMARTS) is 1. The first kappa shape index (κ1) is 24.2. The van der Waals surface area contributed by atoms with Crippen LogP contribution in [0.15, 0.2) is 36.4 Å². The molecule has 2 N–H and O–H groups in total. The van der Waals surface area contributed by atoms with Crippen LogP contribution in [0.25, 0.3) is 0 Å². The van der Waals surface area contributed by atoms with E-state index in [9.17, 15) is 14.7 Å². The molecule has 0 radical (unpaired) electrons. The number of carbonyl (C=O) groups is 2. The molecule has 2 aromatic rings. The zero-order valence-electron chi connectivity index (χ0n) is 19.8. The smallest absolute Gasteiger partial charge is 0.326 e. The second-order valence-electron chi connectivity index (χ2n) is 8.18. The van der Waals surface area contributed by atoms with Crippen LogP contribution in [0, 0.1) is 5.92 Å². The molecule has 0 spiro atoms. The molecule has 33 heavy (non-hydrogen) atoms. The maximum Gasteiger partial charge on any atom is 0.326 e. The Kier molecular flexibility index (Phi) is 7.68. The molecule has 0 bridgehead atoms. The van der Waals surface area contributed by atoms with Crippen molar-refractivity contribution < 1.29 is 28.9 Å². The van der Waals surface area contributed by atoms with Crippen LogP contribution in [0.5, 0.6) is 17.2 Å². The number of amides is 2. The van der Waals surface area contributed by atoms with E-state index in [0.29, 0.717) is 36.6 Å². The van der Waals surface area contributed by atoms with Crippen LogP contribution >= 0.6 is 0 Å². The summed E-state index contributed by atoms with van der Waals surface area (Å²) in [5.74, 6) is 0.668. The highest BCUT2D eigenvalue weighted by molar-refractivity contribution is 5.83. The van der Waals surface area contributed by atoms with Gasteiger partial charge in [0.05, 0.1) is 27.4 Å². The Balaban J connectivity index is 2.06. The Labute approximate surface area is 194 Å². The first-order valence-corrected chi connectivity index (χ1v) is 11.0. The first-order chi connectivity index (χ1) is 15.8.